The quantitative estimate of drug-likeness (QED) is 0.921. The van der Waals surface area contributed by atoms with Crippen molar-refractivity contribution >= 4 is 11.6 Å². The Kier molecular flexibility index (Phi) is 4.31. The monoisotopic (exact) mass is 280 g/mol. The van der Waals surface area contributed by atoms with Crippen LogP contribution in [-0.4, -0.2) is 40.5 Å². The molecule has 0 amide bonds. The molecule has 2 aliphatic heterocycles. The summed E-state index contributed by atoms with van der Waals surface area (Å²) in [6.07, 6.45) is 8.75. The van der Waals surface area contributed by atoms with Gasteiger partial charge in [0.15, 0.2) is 0 Å². The first-order valence-electron chi connectivity index (χ1n) is 7.23. The van der Waals surface area contributed by atoms with Crippen molar-refractivity contribution in [1.29, 1.82) is 0 Å². The summed E-state index contributed by atoms with van der Waals surface area (Å²) >= 11 is 5.75. The number of rotatable bonds is 3. The Balaban J connectivity index is 1.48. The molecule has 0 radical (unpaired) electrons. The Morgan fingerprint density at radius 1 is 1.21 bits per heavy atom. The van der Waals surface area contributed by atoms with Gasteiger partial charge >= 0.3 is 0 Å². The molecule has 0 spiro atoms. The summed E-state index contributed by atoms with van der Waals surface area (Å²) in [4.78, 5) is 10.9. The maximum Gasteiger partial charge on any atom is 0.147 e. The molecule has 1 unspecified atom stereocenters. The van der Waals surface area contributed by atoms with Gasteiger partial charge in [0.1, 0.15) is 5.15 Å². The zero-order valence-electron chi connectivity index (χ0n) is 11.2. The highest BCUT2D eigenvalue weighted by atomic mass is 35.5. The minimum absolute atomic E-state index is 0.467. The van der Waals surface area contributed by atoms with Crippen LogP contribution in [0.15, 0.2) is 12.4 Å². The van der Waals surface area contributed by atoms with E-state index in [-0.39, 0.29) is 0 Å². The van der Waals surface area contributed by atoms with Gasteiger partial charge in [-0.25, -0.2) is 4.98 Å². The molecule has 1 atom stereocenters. The lowest BCUT2D eigenvalue weighted by molar-refractivity contribution is 0.156. The third kappa shape index (κ3) is 3.44. The van der Waals surface area contributed by atoms with E-state index < -0.39 is 0 Å². The van der Waals surface area contributed by atoms with Crippen molar-refractivity contribution in [3.05, 3.63) is 23.2 Å². The van der Waals surface area contributed by atoms with Crippen LogP contribution in [0.3, 0.4) is 0 Å². The van der Waals surface area contributed by atoms with Crippen molar-refractivity contribution < 1.29 is 0 Å². The smallest absolute Gasteiger partial charge is 0.147 e. The van der Waals surface area contributed by atoms with Gasteiger partial charge in [0.05, 0.1) is 18.1 Å². The largest absolute Gasteiger partial charge is 0.314 e. The molecular formula is C14H21ClN4. The highest BCUT2D eigenvalue weighted by Crippen LogP contribution is 2.26. The summed E-state index contributed by atoms with van der Waals surface area (Å²) in [6.45, 7) is 4.46. The van der Waals surface area contributed by atoms with Crippen LogP contribution >= 0.6 is 11.6 Å². The molecule has 0 aromatic carbocycles. The van der Waals surface area contributed by atoms with Gasteiger partial charge in [-0.15, -0.1) is 0 Å². The zero-order chi connectivity index (χ0) is 13.1. The number of hydrogen-bond acceptors (Lipinski definition) is 4. The molecule has 2 saturated heterocycles. The number of halogens is 1. The predicted octanol–water partition coefficient (Wildman–Crippen LogP) is 2.09. The maximum atomic E-state index is 5.75. The van der Waals surface area contributed by atoms with Crippen LogP contribution < -0.4 is 5.32 Å². The average molecular weight is 281 g/mol. The van der Waals surface area contributed by atoms with E-state index in [4.69, 9.17) is 11.6 Å². The molecule has 1 aromatic rings. The Labute approximate surface area is 119 Å². The fourth-order valence-corrected chi connectivity index (χ4v) is 3.37. The van der Waals surface area contributed by atoms with Crippen LogP contribution in [0.5, 0.6) is 0 Å². The molecule has 2 fully saturated rings. The number of likely N-dealkylation sites (tertiary alicyclic amines) is 1. The van der Waals surface area contributed by atoms with E-state index in [1.807, 2.05) is 0 Å². The molecule has 0 saturated carbocycles. The second kappa shape index (κ2) is 6.16. The Morgan fingerprint density at radius 3 is 2.68 bits per heavy atom. The van der Waals surface area contributed by atoms with Crippen LogP contribution in [-0.2, 0) is 6.54 Å². The van der Waals surface area contributed by atoms with E-state index in [1.54, 1.807) is 12.4 Å². The van der Waals surface area contributed by atoms with Gasteiger partial charge in [0.25, 0.3) is 0 Å². The highest BCUT2D eigenvalue weighted by molar-refractivity contribution is 6.29. The summed E-state index contributed by atoms with van der Waals surface area (Å²) in [5, 5.41) is 4.11. The van der Waals surface area contributed by atoms with Crippen LogP contribution in [0.25, 0.3) is 0 Å². The second-order valence-corrected chi connectivity index (χ2v) is 6.03. The first-order chi connectivity index (χ1) is 9.31. The van der Waals surface area contributed by atoms with E-state index >= 15 is 0 Å². The molecule has 19 heavy (non-hydrogen) atoms. The molecule has 1 N–H and O–H groups in total. The van der Waals surface area contributed by atoms with Crippen LogP contribution in [0.4, 0.5) is 0 Å². The third-order valence-electron chi connectivity index (χ3n) is 4.36. The van der Waals surface area contributed by atoms with E-state index in [2.05, 4.69) is 20.2 Å². The van der Waals surface area contributed by atoms with Gasteiger partial charge in [0, 0.05) is 12.6 Å². The third-order valence-corrected chi connectivity index (χ3v) is 4.55. The number of hydrogen-bond donors (Lipinski definition) is 1. The van der Waals surface area contributed by atoms with E-state index in [1.165, 1.54) is 45.3 Å². The van der Waals surface area contributed by atoms with Gasteiger partial charge in [-0.2, -0.15) is 0 Å². The normalized spacial score (nSPS) is 25.8. The fourth-order valence-electron chi connectivity index (χ4n) is 3.28. The molecular weight excluding hydrogens is 260 g/mol. The minimum atomic E-state index is 0.467. The Hall–Kier alpha value is -0.710. The van der Waals surface area contributed by atoms with Crippen molar-refractivity contribution in [3.63, 3.8) is 0 Å². The number of nitrogens with zero attached hydrogens (tertiary/aromatic N) is 3. The maximum absolute atomic E-state index is 5.75. The van der Waals surface area contributed by atoms with Gasteiger partial charge in [-0.1, -0.05) is 11.6 Å². The summed E-state index contributed by atoms with van der Waals surface area (Å²) in [6, 6.07) is 0.775. The van der Waals surface area contributed by atoms with E-state index in [0.717, 1.165) is 24.2 Å². The SMILES string of the molecule is Clc1cnc(CN2CCC(C3CCCN3)CC2)cn1. The standard InChI is InChI=1S/C14H21ClN4/c15-14-9-17-12(8-18-14)10-19-6-3-11(4-7-19)13-2-1-5-16-13/h8-9,11,13,16H,1-7,10H2. The number of aromatic nitrogens is 2. The van der Waals surface area contributed by atoms with Crippen molar-refractivity contribution in [1.82, 2.24) is 20.2 Å². The highest BCUT2D eigenvalue weighted by Gasteiger charge is 2.28. The van der Waals surface area contributed by atoms with Crippen LogP contribution in [0.1, 0.15) is 31.4 Å². The number of nitrogens with one attached hydrogen (secondary N) is 1. The Bertz CT molecular complexity index is 394. The summed E-state index contributed by atoms with van der Waals surface area (Å²) in [7, 11) is 0. The molecule has 2 aliphatic rings. The molecule has 1 aromatic heterocycles. The first kappa shape index (κ1) is 13.3. The van der Waals surface area contributed by atoms with Crippen molar-refractivity contribution in [2.24, 2.45) is 5.92 Å². The van der Waals surface area contributed by atoms with Gasteiger partial charge < -0.3 is 5.32 Å². The molecule has 3 rings (SSSR count). The predicted molar refractivity (Wildman–Crippen MR) is 76.1 cm³/mol. The lowest BCUT2D eigenvalue weighted by Gasteiger charge is -2.34. The average Bonchev–Trinajstić information content (AvgIpc) is 2.96. The number of piperidine rings is 1. The topological polar surface area (TPSA) is 41.1 Å². The van der Waals surface area contributed by atoms with Crippen molar-refractivity contribution in [3.8, 4) is 0 Å². The van der Waals surface area contributed by atoms with Gasteiger partial charge in [0.2, 0.25) is 0 Å². The fraction of sp³-hybridized carbons (Fsp3) is 0.714. The van der Waals surface area contributed by atoms with Gasteiger partial charge in [-0.3, -0.25) is 9.88 Å². The Morgan fingerprint density at radius 2 is 2.05 bits per heavy atom. The molecule has 0 aliphatic carbocycles. The first-order valence-corrected chi connectivity index (χ1v) is 7.61. The van der Waals surface area contributed by atoms with Gasteiger partial charge in [-0.05, 0) is 51.2 Å². The molecule has 104 valence electrons. The lowest BCUT2D eigenvalue weighted by Crippen LogP contribution is -2.40. The molecule has 4 nitrogen and oxygen atoms in total. The van der Waals surface area contributed by atoms with Crippen LogP contribution in [0, 0.1) is 5.92 Å². The lowest BCUT2D eigenvalue weighted by atomic mass is 9.88. The van der Waals surface area contributed by atoms with Crippen molar-refractivity contribution in [2.45, 2.75) is 38.3 Å². The molecule has 3 heterocycles. The minimum Gasteiger partial charge on any atom is -0.314 e. The summed E-state index contributed by atoms with van der Waals surface area (Å²) in [5.74, 6) is 0.870. The van der Waals surface area contributed by atoms with E-state index in [9.17, 15) is 0 Å². The summed E-state index contributed by atoms with van der Waals surface area (Å²) in [5.41, 5.74) is 1.02. The van der Waals surface area contributed by atoms with Crippen LogP contribution in [0.2, 0.25) is 5.15 Å². The zero-order valence-corrected chi connectivity index (χ0v) is 11.9. The molecule has 5 heteroatoms. The summed E-state index contributed by atoms with van der Waals surface area (Å²) < 4.78 is 0. The second-order valence-electron chi connectivity index (χ2n) is 5.65. The van der Waals surface area contributed by atoms with E-state index in [0.29, 0.717) is 5.15 Å². The van der Waals surface area contributed by atoms with Crippen molar-refractivity contribution in [2.75, 3.05) is 19.6 Å². The molecule has 0 bridgehead atoms.